The molecule has 3 N–H and O–H groups in total. The highest BCUT2D eigenvalue weighted by atomic mass is 19.3. The first-order valence-electron chi connectivity index (χ1n) is 18.7. The SMILES string of the molecule is O=C1CCC(N2Cc3ccc(N4CCN(Cc5cnc(O[C@H]6CN7c8cc(-c9cccc(F)c9O)nnc8NC[C@@]7(C(F)F)C6)c(F)c5)CC4)cc3C2=O)C(=O)N1. The Labute approximate surface area is 323 Å². The van der Waals surface area contributed by atoms with Crippen LogP contribution < -0.4 is 25.2 Å². The van der Waals surface area contributed by atoms with E-state index in [2.05, 4.69) is 35.6 Å². The zero-order valence-corrected chi connectivity index (χ0v) is 30.4. The highest BCUT2D eigenvalue weighted by Gasteiger charge is 2.56. The second-order valence-corrected chi connectivity index (χ2v) is 15.0. The Hall–Kier alpha value is -6.04. The quantitative estimate of drug-likeness (QED) is 0.176. The van der Waals surface area contributed by atoms with Crippen molar-refractivity contribution in [2.75, 3.05) is 54.4 Å². The third kappa shape index (κ3) is 6.50. The van der Waals surface area contributed by atoms with Crippen molar-refractivity contribution in [3.8, 4) is 22.9 Å². The second kappa shape index (κ2) is 14.2. The lowest BCUT2D eigenvalue weighted by atomic mass is 9.93. The zero-order chi connectivity index (χ0) is 39.6. The van der Waals surface area contributed by atoms with E-state index in [0.717, 1.165) is 17.3 Å². The van der Waals surface area contributed by atoms with Crippen LogP contribution >= 0.6 is 0 Å². The minimum absolute atomic E-state index is 0.0388. The number of amides is 3. The average molecular weight is 788 g/mol. The summed E-state index contributed by atoms with van der Waals surface area (Å²) < 4.78 is 65.3. The Kier molecular flexibility index (Phi) is 9.09. The predicted molar refractivity (Wildman–Crippen MR) is 197 cm³/mol. The Morgan fingerprint density at radius 1 is 0.982 bits per heavy atom. The second-order valence-electron chi connectivity index (χ2n) is 15.0. The van der Waals surface area contributed by atoms with Crippen LogP contribution in [0, 0.1) is 11.6 Å². The molecule has 0 spiro atoms. The summed E-state index contributed by atoms with van der Waals surface area (Å²) in [5.41, 5.74) is 1.58. The van der Waals surface area contributed by atoms with Gasteiger partial charge in [-0.2, -0.15) is 0 Å². The van der Waals surface area contributed by atoms with Crippen LogP contribution in [0.5, 0.6) is 11.6 Å². The third-order valence-electron chi connectivity index (χ3n) is 11.6. The number of phenols is 1. The van der Waals surface area contributed by atoms with E-state index in [-0.39, 0.29) is 66.4 Å². The Morgan fingerprint density at radius 3 is 2.58 bits per heavy atom. The van der Waals surface area contributed by atoms with Crippen LogP contribution in [0.4, 0.5) is 34.8 Å². The van der Waals surface area contributed by atoms with Gasteiger partial charge in [0.1, 0.15) is 17.7 Å². The fourth-order valence-corrected chi connectivity index (χ4v) is 8.58. The summed E-state index contributed by atoms with van der Waals surface area (Å²) in [6.45, 7) is 3.13. The summed E-state index contributed by atoms with van der Waals surface area (Å²) >= 11 is 0. The number of aromatic hydroxyl groups is 1. The summed E-state index contributed by atoms with van der Waals surface area (Å²) in [6, 6.07) is 11.8. The van der Waals surface area contributed by atoms with Crippen molar-refractivity contribution < 1.29 is 41.8 Å². The number of halogens is 4. The molecule has 7 heterocycles. The van der Waals surface area contributed by atoms with E-state index in [0.29, 0.717) is 56.8 Å². The molecule has 0 aliphatic carbocycles. The first-order chi connectivity index (χ1) is 27.5. The lowest BCUT2D eigenvalue weighted by molar-refractivity contribution is -0.136. The molecule has 18 heteroatoms. The van der Waals surface area contributed by atoms with Gasteiger partial charge in [0.2, 0.25) is 11.8 Å². The molecule has 0 saturated carbocycles. The molecule has 5 aliphatic heterocycles. The van der Waals surface area contributed by atoms with E-state index in [1.165, 1.54) is 40.3 Å². The van der Waals surface area contributed by atoms with Gasteiger partial charge < -0.3 is 29.9 Å². The molecule has 9 rings (SSSR count). The summed E-state index contributed by atoms with van der Waals surface area (Å²) in [6.07, 6.45) is -1.83. The molecule has 57 heavy (non-hydrogen) atoms. The number of nitrogens with zero attached hydrogens (tertiary/aromatic N) is 7. The minimum Gasteiger partial charge on any atom is -0.504 e. The Bertz CT molecular complexity index is 2290. The molecule has 0 radical (unpaired) electrons. The van der Waals surface area contributed by atoms with Crippen LogP contribution in [0.25, 0.3) is 11.3 Å². The fourth-order valence-electron chi connectivity index (χ4n) is 8.58. The van der Waals surface area contributed by atoms with Gasteiger partial charge in [0.25, 0.3) is 18.2 Å². The smallest absolute Gasteiger partial charge is 0.263 e. The number of fused-ring (bicyclic) bond motifs is 4. The molecule has 3 amide bonds. The average Bonchev–Trinajstić information content (AvgIpc) is 3.75. The van der Waals surface area contributed by atoms with E-state index in [4.69, 9.17) is 4.74 Å². The molecule has 0 bridgehead atoms. The number of hydrogen-bond donors (Lipinski definition) is 3. The number of rotatable bonds is 8. The fraction of sp³-hybridized carbons (Fsp3) is 0.385. The monoisotopic (exact) mass is 787 g/mol. The third-order valence-corrected chi connectivity index (χ3v) is 11.6. The number of carbonyl (C=O) groups excluding carboxylic acids is 3. The molecule has 296 valence electrons. The van der Waals surface area contributed by atoms with E-state index < -0.39 is 47.4 Å². The Morgan fingerprint density at radius 2 is 1.81 bits per heavy atom. The number of alkyl halides is 2. The van der Waals surface area contributed by atoms with Crippen LogP contribution in [-0.4, -0.2) is 111 Å². The zero-order valence-electron chi connectivity index (χ0n) is 30.4. The molecule has 3 fully saturated rings. The molecule has 2 aromatic heterocycles. The number of hydrogen-bond acceptors (Lipinski definition) is 12. The Balaban J connectivity index is 0.828. The topological polar surface area (TPSA) is 156 Å². The number of ether oxygens (including phenoxy) is 1. The number of piperazine rings is 1. The van der Waals surface area contributed by atoms with Crippen LogP contribution in [0.3, 0.4) is 0 Å². The molecular weight excluding hydrogens is 750 g/mol. The lowest BCUT2D eigenvalue weighted by Crippen LogP contribution is -2.57. The van der Waals surface area contributed by atoms with Gasteiger partial charge in [0, 0.05) is 81.7 Å². The van der Waals surface area contributed by atoms with E-state index >= 15 is 4.39 Å². The van der Waals surface area contributed by atoms with Gasteiger partial charge in [-0.15, -0.1) is 10.2 Å². The summed E-state index contributed by atoms with van der Waals surface area (Å²) in [4.78, 5) is 48.9. The number of imide groups is 1. The normalized spacial score (nSPS) is 23.3. The number of para-hydroxylation sites is 1. The predicted octanol–water partition coefficient (Wildman–Crippen LogP) is 3.69. The van der Waals surface area contributed by atoms with Crippen molar-refractivity contribution in [1.29, 1.82) is 0 Å². The van der Waals surface area contributed by atoms with Crippen molar-refractivity contribution in [1.82, 2.24) is 30.3 Å². The standard InChI is InChI=1S/C39H37F4N9O5/c40-27-3-1-2-25(33(27)54)29-14-31-34(48-47-29)45-20-39(38(42)43)15-24(19-52(31)39)57-36-28(41)12-21(16-44-36)17-49-8-10-50(11-9-49)23-5-4-22-18-51(37(56)26(22)13-23)30-6-7-32(53)46-35(30)55/h1-5,12-14,16,24,30,38,54H,6-11,15,17-20H2,(H,45,48)(H,46,53,55)/t24-,30?,39-/m1/s1. The van der Waals surface area contributed by atoms with Gasteiger partial charge in [-0.1, -0.05) is 12.1 Å². The number of benzene rings is 2. The molecule has 5 aliphatic rings. The molecule has 3 saturated heterocycles. The van der Waals surface area contributed by atoms with Gasteiger partial charge in [0.05, 0.1) is 17.9 Å². The highest BCUT2D eigenvalue weighted by Crippen LogP contribution is 2.46. The van der Waals surface area contributed by atoms with Gasteiger partial charge in [0.15, 0.2) is 23.2 Å². The molecule has 3 atom stereocenters. The maximum Gasteiger partial charge on any atom is 0.263 e. The number of phenolic OH excluding ortho intramolecular Hbond substituents is 1. The summed E-state index contributed by atoms with van der Waals surface area (Å²) in [5, 5.41) is 23.7. The van der Waals surface area contributed by atoms with Crippen LogP contribution in [0.15, 0.2) is 54.7 Å². The van der Waals surface area contributed by atoms with Crippen molar-refractivity contribution >= 4 is 34.9 Å². The number of carbonyl (C=O) groups is 3. The highest BCUT2D eigenvalue weighted by molar-refractivity contribution is 6.05. The summed E-state index contributed by atoms with van der Waals surface area (Å²) in [7, 11) is 0. The molecule has 2 aromatic carbocycles. The maximum atomic E-state index is 15.5. The molecule has 1 unspecified atom stereocenters. The van der Waals surface area contributed by atoms with Crippen molar-refractivity contribution in [3.05, 3.63) is 83.1 Å². The number of pyridine rings is 1. The van der Waals surface area contributed by atoms with Crippen LogP contribution in [-0.2, 0) is 22.7 Å². The summed E-state index contributed by atoms with van der Waals surface area (Å²) in [5.74, 6) is -3.28. The first-order valence-corrected chi connectivity index (χ1v) is 18.7. The lowest BCUT2D eigenvalue weighted by Gasteiger charge is -2.43. The number of aromatic nitrogens is 3. The number of piperidine rings is 1. The number of anilines is 3. The van der Waals surface area contributed by atoms with E-state index in [1.54, 1.807) is 0 Å². The molecule has 14 nitrogen and oxygen atoms in total. The van der Waals surface area contributed by atoms with Gasteiger partial charge in [-0.3, -0.25) is 24.6 Å². The van der Waals surface area contributed by atoms with Crippen molar-refractivity contribution in [3.63, 3.8) is 0 Å². The van der Waals surface area contributed by atoms with Crippen LogP contribution in [0.2, 0.25) is 0 Å². The largest absolute Gasteiger partial charge is 0.504 e. The van der Waals surface area contributed by atoms with Crippen LogP contribution in [0.1, 0.15) is 40.7 Å². The van der Waals surface area contributed by atoms with Gasteiger partial charge in [-0.05, 0) is 53.9 Å². The van der Waals surface area contributed by atoms with E-state index in [9.17, 15) is 32.7 Å². The number of nitrogens with one attached hydrogen (secondary N) is 2. The molecular formula is C39H37F4N9O5. The van der Waals surface area contributed by atoms with Crippen molar-refractivity contribution in [2.45, 2.75) is 56.5 Å². The van der Waals surface area contributed by atoms with Crippen molar-refractivity contribution in [2.24, 2.45) is 0 Å². The maximum absolute atomic E-state index is 15.5. The minimum atomic E-state index is -2.83. The van der Waals surface area contributed by atoms with E-state index in [1.807, 2.05) is 18.2 Å². The molecule has 4 aromatic rings. The first kappa shape index (κ1) is 36.6. The van der Waals surface area contributed by atoms with Gasteiger partial charge in [-0.25, -0.2) is 22.5 Å². The van der Waals surface area contributed by atoms with Gasteiger partial charge >= 0.3 is 0 Å².